The number of halogens is 5. The van der Waals surface area contributed by atoms with Gasteiger partial charge in [-0.2, -0.15) is 5.26 Å². The van der Waals surface area contributed by atoms with Crippen molar-refractivity contribution < 1.29 is 14.3 Å². The van der Waals surface area contributed by atoms with E-state index in [1.807, 2.05) is 25.7 Å². The summed E-state index contributed by atoms with van der Waals surface area (Å²) in [6.07, 6.45) is 2.86. The first-order chi connectivity index (χ1) is 21.7. The largest absolute Gasteiger partial charge is 0.504 e. The Labute approximate surface area is 284 Å². The molecule has 1 amide bonds. The molecule has 1 aliphatic heterocycles. The molecule has 0 saturated carbocycles. The Morgan fingerprint density at radius 2 is 1.89 bits per heavy atom. The Morgan fingerprint density at radius 1 is 1.20 bits per heavy atom. The number of phenols is 1. The van der Waals surface area contributed by atoms with Gasteiger partial charge in [0.15, 0.2) is 11.6 Å². The van der Waals surface area contributed by atoms with Crippen LogP contribution < -0.4 is 10.5 Å². The van der Waals surface area contributed by atoms with Gasteiger partial charge in [-0.15, -0.1) is 0 Å². The quantitative estimate of drug-likeness (QED) is 0.131. The smallest absolute Gasteiger partial charge is 0.276 e. The first-order valence-electron chi connectivity index (χ1n) is 14.1. The zero-order valence-electron chi connectivity index (χ0n) is 25.1. The highest BCUT2D eigenvalue weighted by molar-refractivity contribution is 6.49. The number of phenolic OH excluding ortho intramolecular Hbond substituents is 1. The molecule has 0 bridgehead atoms. The molecule has 1 aromatic carbocycles. The molecule has 4 heterocycles. The molecule has 0 spiro atoms. The van der Waals surface area contributed by atoms with Gasteiger partial charge < -0.3 is 14.9 Å². The fraction of sp³-hybridized carbons (Fsp3) is 0.281. The average molecular weight is 704 g/mol. The van der Waals surface area contributed by atoms with Crippen LogP contribution in [0.1, 0.15) is 43.5 Å². The van der Waals surface area contributed by atoms with E-state index in [0.717, 1.165) is 0 Å². The fourth-order valence-electron chi connectivity index (χ4n) is 5.81. The lowest BCUT2D eigenvalue weighted by Crippen LogP contribution is -2.54. The lowest BCUT2D eigenvalue weighted by molar-refractivity contribution is -0.128. The minimum absolute atomic E-state index is 0.0376. The van der Waals surface area contributed by atoms with Gasteiger partial charge in [0.25, 0.3) is 5.56 Å². The van der Waals surface area contributed by atoms with E-state index in [4.69, 9.17) is 51.4 Å². The predicted molar refractivity (Wildman–Crippen MR) is 179 cm³/mol. The Balaban J connectivity index is 1.94. The van der Waals surface area contributed by atoms with Gasteiger partial charge >= 0.3 is 0 Å². The van der Waals surface area contributed by atoms with Crippen LogP contribution in [0.5, 0.6) is 5.75 Å². The van der Waals surface area contributed by atoms with Crippen molar-refractivity contribution in [1.82, 2.24) is 19.4 Å². The number of hydrogen-bond donors (Lipinski definition) is 1. The number of aromatic nitrogens is 3. The SMILES string of the molecule is C=CC(=O)N1CCN(c2c(C#N)c(=O)n(-c3c(C)ccnc3C(C)C)c3nc(-c4c(O)c(F)c(Cl)c(Cl)c4Cl)c(Cl)cc23)C[C@H]1C. The number of anilines is 1. The number of fused-ring (bicyclic) bond motifs is 1. The van der Waals surface area contributed by atoms with Gasteiger partial charge in [-0.3, -0.25) is 19.1 Å². The minimum Gasteiger partial charge on any atom is -0.504 e. The van der Waals surface area contributed by atoms with Gasteiger partial charge in [-0.05, 0) is 43.5 Å². The predicted octanol–water partition coefficient (Wildman–Crippen LogP) is 7.43. The summed E-state index contributed by atoms with van der Waals surface area (Å²) in [7, 11) is 0. The van der Waals surface area contributed by atoms with Crippen molar-refractivity contribution in [1.29, 1.82) is 5.26 Å². The maximum atomic E-state index is 15.0. The van der Waals surface area contributed by atoms with Gasteiger partial charge in [0.05, 0.1) is 43.4 Å². The van der Waals surface area contributed by atoms with E-state index < -0.39 is 22.1 Å². The summed E-state index contributed by atoms with van der Waals surface area (Å²) >= 11 is 25.4. The highest BCUT2D eigenvalue weighted by Gasteiger charge is 2.33. The van der Waals surface area contributed by atoms with Crippen LogP contribution in [-0.4, -0.2) is 56.1 Å². The van der Waals surface area contributed by atoms with E-state index in [-0.39, 0.29) is 74.2 Å². The number of benzene rings is 1. The van der Waals surface area contributed by atoms with E-state index in [9.17, 15) is 24.3 Å². The zero-order valence-corrected chi connectivity index (χ0v) is 28.2. The second-order valence-corrected chi connectivity index (χ2v) is 12.7. The van der Waals surface area contributed by atoms with Gasteiger partial charge in [0, 0.05) is 37.3 Å². The van der Waals surface area contributed by atoms with Crippen LogP contribution in [0.4, 0.5) is 10.1 Å². The van der Waals surface area contributed by atoms with Gasteiger partial charge in [-0.1, -0.05) is 66.8 Å². The van der Waals surface area contributed by atoms with E-state index >= 15 is 0 Å². The number of aryl methyl sites for hydroxylation is 1. The number of carbonyl (C=O) groups is 1. The summed E-state index contributed by atoms with van der Waals surface area (Å²) in [4.78, 5) is 39.7. The van der Waals surface area contributed by atoms with E-state index in [2.05, 4.69) is 17.6 Å². The number of amides is 1. The monoisotopic (exact) mass is 702 g/mol. The summed E-state index contributed by atoms with van der Waals surface area (Å²) in [5.41, 5.74) is 0.569. The van der Waals surface area contributed by atoms with Crippen LogP contribution in [-0.2, 0) is 4.79 Å². The first-order valence-corrected chi connectivity index (χ1v) is 15.6. The molecule has 46 heavy (non-hydrogen) atoms. The maximum Gasteiger partial charge on any atom is 0.276 e. The highest BCUT2D eigenvalue weighted by atomic mass is 35.5. The molecule has 0 radical (unpaired) electrons. The molecule has 3 aromatic heterocycles. The third kappa shape index (κ3) is 5.35. The second kappa shape index (κ2) is 12.7. The van der Waals surface area contributed by atoms with E-state index in [1.165, 1.54) is 16.7 Å². The molecule has 4 aromatic rings. The number of rotatable bonds is 5. The van der Waals surface area contributed by atoms with E-state index in [0.29, 0.717) is 28.9 Å². The Hall–Kier alpha value is -3.88. The van der Waals surface area contributed by atoms with Crippen LogP contribution >= 0.6 is 46.4 Å². The molecule has 1 saturated heterocycles. The molecular weight excluding hydrogens is 677 g/mol. The van der Waals surface area contributed by atoms with Crippen LogP contribution in [0.2, 0.25) is 20.1 Å². The number of piperazine rings is 1. The number of pyridine rings is 3. The summed E-state index contributed by atoms with van der Waals surface area (Å²) in [6, 6.07) is 5.00. The van der Waals surface area contributed by atoms with Crippen LogP contribution in [0.25, 0.3) is 28.0 Å². The number of nitriles is 1. The number of carbonyl (C=O) groups excluding carboxylic acids is 1. The summed E-state index contributed by atoms with van der Waals surface area (Å²) < 4.78 is 16.3. The lowest BCUT2D eigenvalue weighted by atomic mass is 10.0. The molecule has 0 unspecified atom stereocenters. The fourth-order valence-corrected chi connectivity index (χ4v) is 6.74. The number of aromatic hydroxyl groups is 1. The lowest BCUT2D eigenvalue weighted by Gasteiger charge is -2.41. The Kier molecular flexibility index (Phi) is 9.26. The van der Waals surface area contributed by atoms with Crippen molar-refractivity contribution in [3.8, 4) is 28.8 Å². The standard InChI is InChI=1S/C32H27Cl4FN6O3/c1-6-20(44)42-10-9-41(13-16(42)5)29-17-11-19(33)27(21-22(34)23(35)24(36)25(37)30(21)45)40-31(17)43(32(46)18(29)12-38)28-15(4)7-8-39-26(28)14(2)3/h6-8,11,14,16,45H,1,9-10,13H2,2-5H3/t16-/m1/s1. The molecule has 1 aliphatic rings. The highest BCUT2D eigenvalue weighted by Crippen LogP contribution is 2.48. The molecule has 1 N–H and O–H groups in total. The van der Waals surface area contributed by atoms with Crippen molar-refractivity contribution >= 4 is 69.0 Å². The zero-order chi connectivity index (χ0) is 33.8. The Bertz CT molecular complexity index is 2030. The van der Waals surface area contributed by atoms with Crippen LogP contribution in [0.3, 0.4) is 0 Å². The minimum atomic E-state index is -1.23. The summed E-state index contributed by atoms with van der Waals surface area (Å²) in [6.45, 7) is 11.9. The van der Waals surface area contributed by atoms with Crippen molar-refractivity contribution in [3.05, 3.63) is 84.1 Å². The summed E-state index contributed by atoms with van der Waals surface area (Å²) in [5, 5.41) is 20.3. The van der Waals surface area contributed by atoms with E-state index in [1.54, 1.807) is 24.1 Å². The first kappa shape index (κ1) is 33.5. The third-order valence-corrected chi connectivity index (χ3v) is 9.59. The topological polar surface area (TPSA) is 115 Å². The van der Waals surface area contributed by atoms with Crippen molar-refractivity contribution in [3.63, 3.8) is 0 Å². The summed E-state index contributed by atoms with van der Waals surface area (Å²) in [5.74, 6) is -2.55. The molecule has 238 valence electrons. The molecule has 5 rings (SSSR count). The van der Waals surface area contributed by atoms with Gasteiger partial charge in [-0.25, -0.2) is 9.37 Å². The van der Waals surface area contributed by atoms with Gasteiger partial charge in [0.1, 0.15) is 22.3 Å². The molecule has 14 heteroatoms. The molecule has 9 nitrogen and oxygen atoms in total. The number of nitrogens with zero attached hydrogens (tertiary/aromatic N) is 6. The molecule has 1 fully saturated rings. The van der Waals surface area contributed by atoms with Crippen molar-refractivity contribution in [2.24, 2.45) is 0 Å². The van der Waals surface area contributed by atoms with Crippen molar-refractivity contribution in [2.75, 3.05) is 24.5 Å². The van der Waals surface area contributed by atoms with Crippen LogP contribution in [0.15, 0.2) is 35.8 Å². The van der Waals surface area contributed by atoms with Crippen molar-refractivity contribution in [2.45, 2.75) is 39.7 Å². The average Bonchev–Trinajstić information content (AvgIpc) is 3.02. The molecular formula is C32H27Cl4FN6O3. The van der Waals surface area contributed by atoms with Crippen LogP contribution in [0, 0.1) is 24.1 Å². The van der Waals surface area contributed by atoms with Gasteiger partial charge in [0.2, 0.25) is 5.91 Å². The number of hydrogen-bond acceptors (Lipinski definition) is 7. The molecule has 0 aliphatic carbocycles. The normalized spacial score (nSPS) is 15.0. The third-order valence-electron chi connectivity index (χ3n) is 7.99. The second-order valence-electron chi connectivity index (χ2n) is 11.2. The maximum absolute atomic E-state index is 15.0. The molecule has 1 atom stereocenters. The Morgan fingerprint density at radius 3 is 2.50 bits per heavy atom.